The number of rotatable bonds is 3. The molecule has 0 radical (unpaired) electrons. The van der Waals surface area contributed by atoms with Gasteiger partial charge in [0.1, 0.15) is 11.4 Å². The summed E-state index contributed by atoms with van der Waals surface area (Å²) in [6, 6.07) is 19.1. The summed E-state index contributed by atoms with van der Waals surface area (Å²) in [6.45, 7) is 6.23. The zero-order valence-corrected chi connectivity index (χ0v) is 13.1. The molecule has 0 atom stereocenters. The van der Waals surface area contributed by atoms with E-state index in [1.54, 1.807) is 0 Å². The SMILES string of the molecule is CC(C)(C)Oc1cccc([I+]c2ccccc2)c1. The Morgan fingerprint density at radius 3 is 2.17 bits per heavy atom. The first kappa shape index (κ1) is 13.4. The van der Waals surface area contributed by atoms with Crippen LogP contribution < -0.4 is 25.9 Å². The number of benzene rings is 2. The van der Waals surface area contributed by atoms with Gasteiger partial charge in [-0.05, 0) is 45.0 Å². The zero-order valence-electron chi connectivity index (χ0n) is 11.0. The summed E-state index contributed by atoms with van der Waals surface area (Å²) < 4.78 is 8.72. The summed E-state index contributed by atoms with van der Waals surface area (Å²) in [5, 5.41) is 0. The number of halogens is 1. The molecule has 0 N–H and O–H groups in total. The standard InChI is InChI=1S/C16H18IO/c1-16(2,3)18-15-11-7-10-14(12-15)17-13-8-5-4-6-9-13/h4-12H,1-3H3/q+1. The maximum Gasteiger partial charge on any atom is 0.358 e. The van der Waals surface area contributed by atoms with Crippen molar-refractivity contribution in [3.63, 3.8) is 0 Å². The van der Waals surface area contributed by atoms with Crippen LogP contribution >= 0.6 is 0 Å². The van der Waals surface area contributed by atoms with Crippen molar-refractivity contribution in [3.8, 4) is 5.75 Å². The van der Waals surface area contributed by atoms with Crippen molar-refractivity contribution in [2.45, 2.75) is 26.4 Å². The molecule has 2 aromatic rings. The van der Waals surface area contributed by atoms with E-state index >= 15 is 0 Å². The van der Waals surface area contributed by atoms with Gasteiger partial charge < -0.3 is 4.74 Å². The van der Waals surface area contributed by atoms with Gasteiger partial charge in [0.05, 0.1) is 0 Å². The molecule has 0 spiro atoms. The van der Waals surface area contributed by atoms with Crippen LogP contribution in [0.3, 0.4) is 0 Å². The summed E-state index contributed by atoms with van der Waals surface area (Å²) in [5.74, 6) is 0.968. The molecule has 0 aliphatic heterocycles. The van der Waals surface area contributed by atoms with Crippen molar-refractivity contribution in [2.24, 2.45) is 0 Å². The summed E-state index contributed by atoms with van der Waals surface area (Å²) in [5.41, 5.74) is -0.135. The molecule has 0 saturated heterocycles. The topological polar surface area (TPSA) is 9.23 Å². The summed E-state index contributed by atoms with van der Waals surface area (Å²) in [7, 11) is 0. The smallest absolute Gasteiger partial charge is 0.358 e. The van der Waals surface area contributed by atoms with Gasteiger partial charge in [0.2, 0.25) is 0 Å². The normalized spacial score (nSPS) is 11.3. The molecule has 2 aromatic carbocycles. The Balaban J connectivity index is 2.13. The van der Waals surface area contributed by atoms with Crippen LogP contribution in [0.1, 0.15) is 20.8 Å². The van der Waals surface area contributed by atoms with Gasteiger partial charge in [-0.3, -0.25) is 0 Å². The van der Waals surface area contributed by atoms with Crippen LogP contribution in [0, 0.1) is 7.14 Å². The molecular weight excluding hydrogens is 335 g/mol. The molecule has 1 nitrogen and oxygen atoms in total. The Bertz CT molecular complexity index is 500. The molecule has 0 aromatic heterocycles. The van der Waals surface area contributed by atoms with E-state index in [1.165, 1.54) is 7.14 Å². The summed E-state index contributed by atoms with van der Waals surface area (Å²) in [6.07, 6.45) is 0. The van der Waals surface area contributed by atoms with Crippen LogP contribution in [-0.4, -0.2) is 5.60 Å². The Morgan fingerprint density at radius 2 is 1.50 bits per heavy atom. The molecule has 0 fully saturated rings. The molecule has 18 heavy (non-hydrogen) atoms. The lowest BCUT2D eigenvalue weighted by molar-refractivity contribution is -0.597. The van der Waals surface area contributed by atoms with Crippen molar-refractivity contribution < 1.29 is 25.9 Å². The minimum Gasteiger partial charge on any atom is -0.488 e. The fourth-order valence-electron chi connectivity index (χ4n) is 1.55. The predicted molar refractivity (Wildman–Crippen MR) is 70.7 cm³/mol. The highest BCUT2D eigenvalue weighted by atomic mass is 127. The second-order valence-corrected chi connectivity index (χ2v) is 8.09. The molecular formula is C16H18IO+. The molecule has 2 heteroatoms. The second-order valence-electron chi connectivity index (χ2n) is 5.06. The second kappa shape index (κ2) is 5.74. The van der Waals surface area contributed by atoms with Crippen LogP contribution in [0.25, 0.3) is 0 Å². The fourth-order valence-corrected chi connectivity index (χ4v) is 3.89. The van der Waals surface area contributed by atoms with Crippen LogP contribution in [-0.2, 0) is 0 Å². The molecule has 0 bridgehead atoms. The first-order chi connectivity index (χ1) is 8.53. The van der Waals surface area contributed by atoms with E-state index in [4.69, 9.17) is 4.74 Å². The van der Waals surface area contributed by atoms with E-state index in [0.29, 0.717) is 0 Å². The molecule has 94 valence electrons. The van der Waals surface area contributed by atoms with E-state index in [-0.39, 0.29) is 26.8 Å². The van der Waals surface area contributed by atoms with Gasteiger partial charge in [-0.25, -0.2) is 0 Å². The third-order valence-electron chi connectivity index (χ3n) is 2.17. The minimum absolute atomic E-state index is 0.111. The molecule has 0 aliphatic rings. The number of hydrogen-bond donors (Lipinski definition) is 0. The molecule has 2 rings (SSSR count). The van der Waals surface area contributed by atoms with Gasteiger partial charge in [0.25, 0.3) is 0 Å². The first-order valence-corrected chi connectivity index (χ1v) is 8.18. The van der Waals surface area contributed by atoms with Gasteiger partial charge in [-0.2, -0.15) is 0 Å². The average molecular weight is 353 g/mol. The van der Waals surface area contributed by atoms with E-state index < -0.39 is 0 Å². The first-order valence-electron chi connectivity index (χ1n) is 6.02. The molecule has 0 aliphatic carbocycles. The van der Waals surface area contributed by atoms with E-state index in [2.05, 4.69) is 69.3 Å². The van der Waals surface area contributed by atoms with Crippen molar-refractivity contribution in [1.82, 2.24) is 0 Å². The van der Waals surface area contributed by atoms with Crippen LogP contribution in [0.2, 0.25) is 0 Å². The van der Waals surface area contributed by atoms with Crippen molar-refractivity contribution in [1.29, 1.82) is 0 Å². The van der Waals surface area contributed by atoms with E-state index in [9.17, 15) is 0 Å². The quantitative estimate of drug-likeness (QED) is 0.748. The lowest BCUT2D eigenvalue weighted by Crippen LogP contribution is -3.61. The van der Waals surface area contributed by atoms with Gasteiger partial charge in [0, 0.05) is 6.07 Å². The van der Waals surface area contributed by atoms with Gasteiger partial charge in [0.15, 0.2) is 7.14 Å². The van der Waals surface area contributed by atoms with Gasteiger partial charge in [-0.15, -0.1) is 0 Å². The third kappa shape index (κ3) is 4.33. The molecule has 0 amide bonds. The van der Waals surface area contributed by atoms with E-state index in [0.717, 1.165) is 5.75 Å². The van der Waals surface area contributed by atoms with Crippen molar-refractivity contribution in [3.05, 3.63) is 61.7 Å². The van der Waals surface area contributed by atoms with Crippen LogP contribution in [0.5, 0.6) is 5.75 Å². The Labute approximate surface area is 119 Å². The Morgan fingerprint density at radius 1 is 0.833 bits per heavy atom. The number of hydrogen-bond acceptors (Lipinski definition) is 1. The third-order valence-corrected chi connectivity index (χ3v) is 4.81. The Hall–Kier alpha value is -1.03. The van der Waals surface area contributed by atoms with Crippen molar-refractivity contribution in [2.75, 3.05) is 0 Å². The number of ether oxygens (including phenoxy) is 1. The minimum atomic E-state index is -0.135. The largest absolute Gasteiger partial charge is 0.488 e. The van der Waals surface area contributed by atoms with Gasteiger partial charge >= 0.3 is 21.2 Å². The zero-order chi connectivity index (χ0) is 13.0. The lowest BCUT2D eigenvalue weighted by atomic mass is 10.2. The highest BCUT2D eigenvalue weighted by Gasteiger charge is 2.17. The van der Waals surface area contributed by atoms with Crippen LogP contribution in [0.4, 0.5) is 0 Å². The van der Waals surface area contributed by atoms with E-state index in [1.807, 2.05) is 6.07 Å². The van der Waals surface area contributed by atoms with Gasteiger partial charge in [-0.1, -0.05) is 24.3 Å². The molecule has 0 saturated carbocycles. The molecule has 0 unspecified atom stereocenters. The highest BCUT2D eigenvalue weighted by Crippen LogP contribution is 2.16. The Kier molecular flexibility index (Phi) is 4.27. The maximum atomic E-state index is 5.90. The monoisotopic (exact) mass is 353 g/mol. The molecule has 0 heterocycles. The predicted octanol–water partition coefficient (Wildman–Crippen LogP) is 0.992. The highest BCUT2D eigenvalue weighted by molar-refractivity contribution is 5.21. The van der Waals surface area contributed by atoms with Crippen molar-refractivity contribution >= 4 is 0 Å². The maximum absolute atomic E-state index is 5.90. The fraction of sp³-hybridized carbons (Fsp3) is 0.250. The summed E-state index contributed by atoms with van der Waals surface area (Å²) >= 11 is -0.111. The van der Waals surface area contributed by atoms with Crippen LogP contribution in [0.15, 0.2) is 54.6 Å². The summed E-state index contributed by atoms with van der Waals surface area (Å²) in [4.78, 5) is 0. The average Bonchev–Trinajstić information content (AvgIpc) is 2.28. The lowest BCUT2D eigenvalue weighted by Gasteiger charge is -2.20.